The third-order valence-corrected chi connectivity index (χ3v) is 6.04. The lowest BCUT2D eigenvalue weighted by atomic mass is 10.1. The molecule has 32 heavy (non-hydrogen) atoms. The third-order valence-electron chi connectivity index (χ3n) is 4.69. The van der Waals surface area contributed by atoms with Crippen LogP contribution in [0.1, 0.15) is 26.3 Å². The van der Waals surface area contributed by atoms with Gasteiger partial charge in [0, 0.05) is 16.0 Å². The van der Waals surface area contributed by atoms with Crippen LogP contribution in [0.5, 0.6) is 11.5 Å². The Bertz CT molecular complexity index is 1090. The molecule has 168 valence electrons. The molecule has 0 bridgehead atoms. The van der Waals surface area contributed by atoms with Gasteiger partial charge in [-0.05, 0) is 81.0 Å². The Balaban J connectivity index is 2.11. The Labute approximate surface area is 205 Å². The highest BCUT2D eigenvalue weighted by Gasteiger charge is 2.39. The molecule has 2 aromatic carbocycles. The number of rotatable bonds is 7. The molecule has 9 heteroatoms. The van der Waals surface area contributed by atoms with Crippen molar-refractivity contribution >= 4 is 68.4 Å². The Morgan fingerprint density at radius 1 is 1.00 bits per heavy atom. The number of ether oxygens (including phenoxy) is 2. The predicted octanol–water partition coefficient (Wildman–Crippen LogP) is 5.46. The Kier molecular flexibility index (Phi) is 7.92. The number of nitrogens with zero attached hydrogens (tertiary/aromatic N) is 2. The van der Waals surface area contributed by atoms with E-state index in [-0.39, 0.29) is 10.7 Å². The Morgan fingerprint density at radius 2 is 1.59 bits per heavy atom. The fourth-order valence-electron chi connectivity index (χ4n) is 3.23. The molecule has 0 aromatic heterocycles. The monoisotopic (exact) mass is 536 g/mol. The number of likely N-dealkylation sites (N-methyl/N-ethyl adjacent to an activating group) is 1. The summed E-state index contributed by atoms with van der Waals surface area (Å²) in [4.78, 5) is 29.3. The summed E-state index contributed by atoms with van der Waals surface area (Å²) in [6.07, 6.45) is 1.54. The zero-order valence-corrected chi connectivity index (χ0v) is 21.0. The van der Waals surface area contributed by atoms with Crippen LogP contribution in [0.3, 0.4) is 0 Å². The van der Waals surface area contributed by atoms with Gasteiger partial charge in [-0.2, -0.15) is 0 Å². The molecule has 0 spiro atoms. The molecule has 1 aliphatic heterocycles. The molecule has 3 rings (SSSR count). The van der Waals surface area contributed by atoms with Crippen LogP contribution in [0.25, 0.3) is 6.08 Å². The van der Waals surface area contributed by atoms with E-state index in [0.717, 1.165) is 0 Å². The molecule has 1 saturated heterocycles. The lowest BCUT2D eigenvalue weighted by Crippen LogP contribution is -2.56. The maximum atomic E-state index is 13.4. The van der Waals surface area contributed by atoms with E-state index in [1.807, 2.05) is 13.8 Å². The van der Waals surface area contributed by atoms with Crippen molar-refractivity contribution in [2.45, 2.75) is 20.8 Å². The van der Waals surface area contributed by atoms with Crippen molar-refractivity contribution in [1.29, 1.82) is 0 Å². The SMILES string of the molecule is CCOc1cc(Br)c(/C=C2\C(=O)N(CC)C(=S)N(c3ccc(Cl)cc3)C2=O)cc1OCC. The normalized spacial score (nSPS) is 15.5. The Hall–Kier alpha value is -2.42. The van der Waals surface area contributed by atoms with E-state index >= 15 is 0 Å². The first-order chi connectivity index (χ1) is 15.3. The van der Waals surface area contributed by atoms with E-state index in [1.54, 1.807) is 49.4 Å². The van der Waals surface area contributed by atoms with Crippen LogP contribution in [-0.2, 0) is 9.59 Å². The number of carbonyl (C=O) groups excluding carboxylic acids is 2. The molecule has 0 atom stereocenters. The van der Waals surface area contributed by atoms with Crippen LogP contribution in [-0.4, -0.2) is 41.6 Å². The summed E-state index contributed by atoms with van der Waals surface area (Å²) in [7, 11) is 0. The fourth-order valence-corrected chi connectivity index (χ4v) is 4.19. The largest absolute Gasteiger partial charge is 0.490 e. The zero-order valence-electron chi connectivity index (χ0n) is 17.9. The maximum absolute atomic E-state index is 13.4. The highest BCUT2D eigenvalue weighted by molar-refractivity contribution is 9.10. The number of anilines is 1. The molecular formula is C23H22BrClN2O4S. The van der Waals surface area contributed by atoms with Crippen molar-refractivity contribution in [3.05, 3.63) is 57.0 Å². The number of benzene rings is 2. The van der Waals surface area contributed by atoms with Gasteiger partial charge in [0.25, 0.3) is 11.8 Å². The molecule has 0 N–H and O–H groups in total. The maximum Gasteiger partial charge on any atom is 0.270 e. The number of thiocarbonyl (C=S) groups is 1. The second kappa shape index (κ2) is 10.5. The molecule has 0 radical (unpaired) electrons. The second-order valence-electron chi connectivity index (χ2n) is 6.69. The van der Waals surface area contributed by atoms with Gasteiger partial charge in [-0.15, -0.1) is 0 Å². The van der Waals surface area contributed by atoms with Crippen LogP contribution < -0.4 is 14.4 Å². The van der Waals surface area contributed by atoms with Gasteiger partial charge in [-0.25, -0.2) is 0 Å². The van der Waals surface area contributed by atoms with Crippen LogP contribution >= 0.6 is 39.7 Å². The van der Waals surface area contributed by atoms with Gasteiger partial charge in [0.1, 0.15) is 5.57 Å². The van der Waals surface area contributed by atoms with Crippen LogP contribution in [0, 0.1) is 0 Å². The molecule has 1 aliphatic rings. The minimum absolute atomic E-state index is 0.0114. The first-order valence-corrected chi connectivity index (χ1v) is 11.7. The van der Waals surface area contributed by atoms with Gasteiger partial charge < -0.3 is 9.47 Å². The number of hydrogen-bond donors (Lipinski definition) is 0. The van der Waals surface area contributed by atoms with Crippen LogP contribution in [0.15, 0.2) is 46.4 Å². The number of carbonyl (C=O) groups is 2. The summed E-state index contributed by atoms with van der Waals surface area (Å²) in [5.74, 6) is 0.138. The first kappa shape index (κ1) is 24.2. The van der Waals surface area contributed by atoms with E-state index in [0.29, 0.717) is 52.0 Å². The van der Waals surface area contributed by atoms with E-state index in [2.05, 4.69) is 15.9 Å². The molecular weight excluding hydrogens is 516 g/mol. The van der Waals surface area contributed by atoms with Gasteiger partial charge in [0.05, 0.1) is 18.9 Å². The summed E-state index contributed by atoms with van der Waals surface area (Å²) < 4.78 is 12.0. The Morgan fingerprint density at radius 3 is 2.16 bits per heavy atom. The number of halogens is 2. The molecule has 2 amide bonds. The van der Waals surface area contributed by atoms with E-state index < -0.39 is 11.8 Å². The molecule has 6 nitrogen and oxygen atoms in total. The van der Waals surface area contributed by atoms with E-state index in [9.17, 15) is 9.59 Å². The molecule has 1 fully saturated rings. The minimum Gasteiger partial charge on any atom is -0.490 e. The highest BCUT2D eigenvalue weighted by atomic mass is 79.9. The van der Waals surface area contributed by atoms with Crippen molar-refractivity contribution in [1.82, 2.24) is 4.90 Å². The van der Waals surface area contributed by atoms with Crippen LogP contribution in [0.2, 0.25) is 5.02 Å². The van der Waals surface area contributed by atoms with Gasteiger partial charge in [0.15, 0.2) is 16.6 Å². The fraction of sp³-hybridized carbons (Fsp3) is 0.261. The average Bonchev–Trinajstić information content (AvgIpc) is 2.76. The smallest absolute Gasteiger partial charge is 0.270 e. The second-order valence-corrected chi connectivity index (χ2v) is 8.35. The van der Waals surface area contributed by atoms with Crippen molar-refractivity contribution in [3.63, 3.8) is 0 Å². The minimum atomic E-state index is -0.509. The summed E-state index contributed by atoms with van der Waals surface area (Å²) in [6, 6.07) is 10.2. The van der Waals surface area contributed by atoms with Crippen LogP contribution in [0.4, 0.5) is 5.69 Å². The molecule has 0 unspecified atom stereocenters. The van der Waals surface area contributed by atoms with Crippen molar-refractivity contribution in [3.8, 4) is 11.5 Å². The molecule has 0 aliphatic carbocycles. The lowest BCUT2D eigenvalue weighted by Gasteiger charge is -2.36. The predicted molar refractivity (Wildman–Crippen MR) is 133 cm³/mol. The third kappa shape index (κ3) is 4.82. The standard InChI is InChI=1S/C23H22BrClN2O4S/c1-4-26-21(28)17(22(29)27(23(26)32)16-9-7-15(25)8-10-16)11-14-12-19(30-5-2)20(31-6-3)13-18(14)24/h7-13H,4-6H2,1-3H3/b17-11+. The molecule has 0 saturated carbocycles. The summed E-state index contributed by atoms with van der Waals surface area (Å²) in [6.45, 7) is 6.79. The number of hydrogen-bond acceptors (Lipinski definition) is 5. The first-order valence-electron chi connectivity index (χ1n) is 10.1. The van der Waals surface area contributed by atoms with E-state index in [4.69, 9.17) is 33.3 Å². The average molecular weight is 538 g/mol. The van der Waals surface area contributed by atoms with Gasteiger partial charge >= 0.3 is 0 Å². The van der Waals surface area contributed by atoms with Gasteiger partial charge in [0.2, 0.25) is 0 Å². The van der Waals surface area contributed by atoms with Crippen molar-refractivity contribution in [2.24, 2.45) is 0 Å². The molecule has 1 heterocycles. The van der Waals surface area contributed by atoms with E-state index in [1.165, 1.54) is 9.80 Å². The van der Waals surface area contributed by atoms with Crippen molar-refractivity contribution < 1.29 is 19.1 Å². The van der Waals surface area contributed by atoms with Gasteiger partial charge in [-0.1, -0.05) is 27.5 Å². The van der Waals surface area contributed by atoms with Gasteiger partial charge in [-0.3, -0.25) is 19.4 Å². The highest BCUT2D eigenvalue weighted by Crippen LogP contribution is 2.36. The summed E-state index contributed by atoms with van der Waals surface area (Å²) in [5, 5.41) is 0.660. The molecule has 2 aromatic rings. The topological polar surface area (TPSA) is 59.1 Å². The number of amides is 2. The van der Waals surface area contributed by atoms with Crippen molar-refractivity contribution in [2.75, 3.05) is 24.7 Å². The lowest BCUT2D eigenvalue weighted by molar-refractivity contribution is -0.127. The quantitative estimate of drug-likeness (QED) is 0.267. The summed E-state index contributed by atoms with van der Waals surface area (Å²) in [5.41, 5.74) is 1.12. The zero-order chi connectivity index (χ0) is 23.4. The summed E-state index contributed by atoms with van der Waals surface area (Å²) >= 11 is 15.0.